The van der Waals surface area contributed by atoms with Crippen molar-refractivity contribution in [2.24, 2.45) is 0 Å². The van der Waals surface area contributed by atoms with Gasteiger partial charge in [0.25, 0.3) is 0 Å². The minimum absolute atomic E-state index is 0.322. The van der Waals surface area contributed by atoms with Gasteiger partial charge in [0.15, 0.2) is 17.3 Å². The van der Waals surface area contributed by atoms with Crippen molar-refractivity contribution in [2.75, 3.05) is 12.4 Å². The Bertz CT molecular complexity index is 1350. The summed E-state index contributed by atoms with van der Waals surface area (Å²) in [6.45, 7) is 0.322. The number of imidazole rings is 1. The van der Waals surface area contributed by atoms with Crippen LogP contribution in [0.15, 0.2) is 61.1 Å². The van der Waals surface area contributed by atoms with E-state index in [1.165, 1.54) is 6.07 Å². The van der Waals surface area contributed by atoms with Gasteiger partial charge in [0.2, 0.25) is 5.95 Å². The third-order valence-corrected chi connectivity index (χ3v) is 4.87. The molecule has 0 unspecified atom stereocenters. The zero-order valence-electron chi connectivity index (χ0n) is 15.5. The summed E-state index contributed by atoms with van der Waals surface area (Å²) in [6.07, 6.45) is 5.45. The summed E-state index contributed by atoms with van der Waals surface area (Å²) in [4.78, 5) is 13.4. The number of fused-ring (bicyclic) bond motifs is 2. The highest BCUT2D eigenvalue weighted by molar-refractivity contribution is 5.81. The first-order valence-electron chi connectivity index (χ1n) is 9.04. The van der Waals surface area contributed by atoms with Gasteiger partial charge in [0.1, 0.15) is 0 Å². The van der Waals surface area contributed by atoms with Crippen molar-refractivity contribution >= 4 is 28.1 Å². The van der Waals surface area contributed by atoms with E-state index in [9.17, 15) is 8.78 Å². The molecule has 0 aliphatic carbocycles. The van der Waals surface area contributed by atoms with Crippen LogP contribution in [0, 0.1) is 11.6 Å². The van der Waals surface area contributed by atoms with E-state index in [1.54, 1.807) is 25.5 Å². The summed E-state index contributed by atoms with van der Waals surface area (Å²) < 4.78 is 30.8. The van der Waals surface area contributed by atoms with Crippen LogP contribution in [0.25, 0.3) is 27.9 Å². The highest BCUT2D eigenvalue weighted by atomic mass is 19.2. The van der Waals surface area contributed by atoms with Crippen molar-refractivity contribution in [3.63, 3.8) is 0 Å². The number of benzene rings is 1. The molecule has 4 heterocycles. The molecule has 1 N–H and O–H groups in total. The van der Waals surface area contributed by atoms with Crippen LogP contribution < -0.4 is 5.32 Å². The maximum atomic E-state index is 13.7. The number of pyridine rings is 2. The number of halogens is 2. The Hall–Kier alpha value is -3.81. The van der Waals surface area contributed by atoms with Gasteiger partial charge >= 0.3 is 0 Å². The first kappa shape index (κ1) is 17.3. The number of hydrogen-bond acceptors (Lipinski definition) is 4. The maximum Gasteiger partial charge on any atom is 0.205 e. The van der Waals surface area contributed by atoms with Gasteiger partial charge in [-0.15, -0.1) is 0 Å². The molecule has 29 heavy (non-hydrogen) atoms. The van der Waals surface area contributed by atoms with Crippen LogP contribution >= 0.6 is 0 Å². The zero-order valence-corrected chi connectivity index (χ0v) is 15.5. The highest BCUT2D eigenvalue weighted by Gasteiger charge is 2.14. The maximum absolute atomic E-state index is 13.7. The van der Waals surface area contributed by atoms with Crippen molar-refractivity contribution < 1.29 is 8.78 Å². The van der Waals surface area contributed by atoms with Gasteiger partial charge in [0, 0.05) is 19.4 Å². The predicted molar refractivity (Wildman–Crippen MR) is 107 cm³/mol. The molecule has 8 heteroatoms. The van der Waals surface area contributed by atoms with Crippen molar-refractivity contribution in [1.29, 1.82) is 0 Å². The lowest BCUT2D eigenvalue weighted by atomic mass is 10.2. The quantitative estimate of drug-likeness (QED) is 0.501. The van der Waals surface area contributed by atoms with E-state index in [2.05, 4.69) is 20.3 Å². The Morgan fingerprint density at radius 2 is 1.90 bits per heavy atom. The van der Waals surface area contributed by atoms with E-state index in [0.717, 1.165) is 28.3 Å². The van der Waals surface area contributed by atoms with E-state index in [0.29, 0.717) is 23.7 Å². The van der Waals surface area contributed by atoms with Crippen molar-refractivity contribution in [2.45, 2.75) is 6.54 Å². The van der Waals surface area contributed by atoms with E-state index < -0.39 is 11.6 Å². The first-order valence-corrected chi connectivity index (χ1v) is 9.04. The third-order valence-electron chi connectivity index (χ3n) is 4.87. The van der Waals surface area contributed by atoms with Crippen LogP contribution in [-0.4, -0.2) is 31.1 Å². The van der Waals surface area contributed by atoms with Crippen molar-refractivity contribution in [3.8, 4) is 5.69 Å². The average molecular weight is 390 g/mol. The summed E-state index contributed by atoms with van der Waals surface area (Å²) >= 11 is 0. The monoisotopic (exact) mass is 390 g/mol. The summed E-state index contributed by atoms with van der Waals surface area (Å²) in [6, 6.07) is 11.7. The average Bonchev–Trinajstić information content (AvgIpc) is 3.32. The molecule has 0 saturated carbocycles. The lowest BCUT2D eigenvalue weighted by Gasteiger charge is -2.10. The van der Waals surface area contributed by atoms with E-state index in [-0.39, 0.29) is 0 Å². The molecule has 0 aliphatic rings. The van der Waals surface area contributed by atoms with Gasteiger partial charge in [-0.3, -0.25) is 4.98 Å². The Kier molecular flexibility index (Phi) is 3.97. The Morgan fingerprint density at radius 3 is 2.72 bits per heavy atom. The molecule has 4 aromatic heterocycles. The Morgan fingerprint density at radius 1 is 1.00 bits per heavy atom. The lowest BCUT2D eigenvalue weighted by molar-refractivity contribution is 0.506. The minimum atomic E-state index is -0.872. The van der Waals surface area contributed by atoms with Crippen molar-refractivity contribution in [1.82, 2.24) is 24.1 Å². The molecule has 5 rings (SSSR count). The molecule has 0 radical (unpaired) electrons. The predicted octanol–water partition coefficient (Wildman–Crippen LogP) is 4.14. The summed E-state index contributed by atoms with van der Waals surface area (Å²) in [5.74, 6) is -1.15. The summed E-state index contributed by atoms with van der Waals surface area (Å²) in [5, 5.41) is 3.04. The van der Waals surface area contributed by atoms with Gasteiger partial charge in [-0.25, -0.2) is 13.8 Å². The van der Waals surface area contributed by atoms with Crippen LogP contribution in [0.5, 0.6) is 0 Å². The molecular formula is C21H16F2N6. The van der Waals surface area contributed by atoms with E-state index in [1.807, 2.05) is 39.6 Å². The van der Waals surface area contributed by atoms with Crippen LogP contribution in [0.2, 0.25) is 0 Å². The zero-order chi connectivity index (χ0) is 20.0. The molecule has 0 saturated heterocycles. The number of aromatic nitrogens is 5. The molecular weight excluding hydrogens is 374 g/mol. The molecule has 5 aromatic rings. The van der Waals surface area contributed by atoms with Crippen molar-refractivity contribution in [3.05, 3.63) is 78.3 Å². The van der Waals surface area contributed by atoms with Gasteiger partial charge < -0.3 is 14.5 Å². The van der Waals surface area contributed by atoms with E-state index in [4.69, 9.17) is 0 Å². The van der Waals surface area contributed by atoms with Crippen LogP contribution in [0.4, 0.5) is 14.7 Å². The highest BCUT2D eigenvalue weighted by Crippen LogP contribution is 2.25. The molecule has 0 atom stereocenters. The van der Waals surface area contributed by atoms with Gasteiger partial charge in [0.05, 0.1) is 35.0 Å². The second kappa shape index (κ2) is 6.66. The molecule has 0 amide bonds. The summed E-state index contributed by atoms with van der Waals surface area (Å²) in [5.41, 5.74) is 4.68. The van der Waals surface area contributed by atoms with E-state index >= 15 is 0 Å². The fourth-order valence-corrected chi connectivity index (χ4v) is 3.49. The largest absolute Gasteiger partial charge is 0.359 e. The fraction of sp³-hybridized carbons (Fsp3) is 0.0952. The van der Waals surface area contributed by atoms with Gasteiger partial charge in [-0.05, 0) is 42.0 Å². The second-order valence-corrected chi connectivity index (χ2v) is 6.65. The second-order valence-electron chi connectivity index (χ2n) is 6.65. The normalized spacial score (nSPS) is 11.4. The van der Waals surface area contributed by atoms with Gasteiger partial charge in [-0.2, -0.15) is 4.98 Å². The minimum Gasteiger partial charge on any atom is -0.359 e. The smallest absolute Gasteiger partial charge is 0.205 e. The standard InChI is InChI=1S/C21H16F2N6/c1-24-21-27-20-19(29(21)12-13-4-5-15(22)16(23)9-13)10-14(11-26-20)28-8-6-17-18(28)3-2-7-25-17/h2-11H,12H2,1H3,(H,24,26,27). The van der Waals surface area contributed by atoms with Crippen LogP contribution in [-0.2, 0) is 6.54 Å². The fourth-order valence-electron chi connectivity index (χ4n) is 3.49. The number of anilines is 1. The molecule has 0 fully saturated rings. The summed E-state index contributed by atoms with van der Waals surface area (Å²) in [7, 11) is 1.76. The number of rotatable bonds is 4. The molecule has 6 nitrogen and oxygen atoms in total. The first-order chi connectivity index (χ1) is 14.1. The Labute approximate surface area is 164 Å². The SMILES string of the molecule is CNc1nc2ncc(-n3ccc4ncccc43)cc2n1Cc1ccc(F)c(F)c1. The number of hydrogen-bond donors (Lipinski definition) is 1. The van der Waals surface area contributed by atoms with Crippen LogP contribution in [0.3, 0.4) is 0 Å². The Balaban J connectivity index is 1.65. The number of nitrogens with one attached hydrogen (secondary N) is 1. The molecule has 1 aromatic carbocycles. The molecule has 0 bridgehead atoms. The molecule has 144 valence electrons. The molecule has 0 spiro atoms. The third kappa shape index (κ3) is 2.89. The number of nitrogens with zero attached hydrogens (tertiary/aromatic N) is 5. The van der Waals surface area contributed by atoms with Crippen LogP contribution in [0.1, 0.15) is 5.56 Å². The lowest BCUT2D eigenvalue weighted by Crippen LogP contribution is -2.06. The van der Waals surface area contributed by atoms with Gasteiger partial charge in [-0.1, -0.05) is 6.07 Å². The topological polar surface area (TPSA) is 60.6 Å². The molecule has 0 aliphatic heterocycles.